The van der Waals surface area contributed by atoms with Gasteiger partial charge in [0.05, 0.1) is 9.34 Å². The number of halogens is 1. The molecule has 0 aliphatic rings. The van der Waals surface area contributed by atoms with Crippen molar-refractivity contribution in [1.29, 1.82) is 0 Å². The SMILES string of the molecule is Cc1ncc(CNS(=O)(=O)c2ccc(Cl)s2)s1. The molecule has 2 rings (SSSR count). The highest BCUT2D eigenvalue weighted by Gasteiger charge is 2.16. The Bertz CT molecular complexity index is 618. The van der Waals surface area contributed by atoms with E-state index < -0.39 is 10.0 Å². The van der Waals surface area contributed by atoms with Crippen LogP contribution in [0.3, 0.4) is 0 Å². The van der Waals surface area contributed by atoms with Crippen LogP contribution in [0.1, 0.15) is 9.88 Å². The zero-order valence-electron chi connectivity index (χ0n) is 8.81. The van der Waals surface area contributed by atoms with Crippen LogP contribution >= 0.6 is 34.3 Å². The fourth-order valence-electron chi connectivity index (χ4n) is 1.17. The van der Waals surface area contributed by atoms with Gasteiger partial charge in [0.2, 0.25) is 10.0 Å². The van der Waals surface area contributed by atoms with Crippen molar-refractivity contribution in [3.8, 4) is 0 Å². The predicted octanol–water partition coefficient (Wildman–Crippen LogP) is 2.64. The first kappa shape index (κ1) is 13.0. The molecule has 92 valence electrons. The van der Waals surface area contributed by atoms with Crippen molar-refractivity contribution in [3.63, 3.8) is 0 Å². The van der Waals surface area contributed by atoms with Crippen molar-refractivity contribution in [1.82, 2.24) is 9.71 Å². The fourth-order valence-corrected chi connectivity index (χ4v) is 4.53. The van der Waals surface area contributed by atoms with Crippen LogP contribution in [0.4, 0.5) is 0 Å². The van der Waals surface area contributed by atoms with Crippen LogP contribution in [-0.4, -0.2) is 13.4 Å². The first-order valence-corrected chi connectivity index (χ1v) is 8.13. The summed E-state index contributed by atoms with van der Waals surface area (Å²) in [5.41, 5.74) is 0. The molecule has 0 aliphatic carbocycles. The van der Waals surface area contributed by atoms with Crippen molar-refractivity contribution in [2.45, 2.75) is 17.7 Å². The summed E-state index contributed by atoms with van der Waals surface area (Å²) in [6.07, 6.45) is 1.67. The van der Waals surface area contributed by atoms with Crippen LogP contribution in [-0.2, 0) is 16.6 Å². The van der Waals surface area contributed by atoms with E-state index in [9.17, 15) is 8.42 Å². The average molecular weight is 309 g/mol. The van der Waals surface area contributed by atoms with Crippen LogP contribution in [0.25, 0.3) is 0 Å². The molecule has 2 aromatic rings. The van der Waals surface area contributed by atoms with Crippen molar-refractivity contribution >= 4 is 44.3 Å². The number of nitrogens with zero attached hydrogens (tertiary/aromatic N) is 1. The van der Waals surface area contributed by atoms with Crippen LogP contribution in [0.2, 0.25) is 4.34 Å². The molecule has 0 unspecified atom stereocenters. The zero-order valence-corrected chi connectivity index (χ0v) is 12.0. The van der Waals surface area contributed by atoms with Gasteiger partial charge in [-0.05, 0) is 19.1 Å². The summed E-state index contributed by atoms with van der Waals surface area (Å²) in [5.74, 6) is 0. The van der Waals surface area contributed by atoms with E-state index in [4.69, 9.17) is 11.6 Å². The smallest absolute Gasteiger partial charge is 0.250 e. The Morgan fingerprint density at radius 2 is 2.18 bits per heavy atom. The molecule has 0 bridgehead atoms. The highest BCUT2D eigenvalue weighted by Crippen LogP contribution is 2.25. The summed E-state index contributed by atoms with van der Waals surface area (Å²) in [4.78, 5) is 4.94. The number of sulfonamides is 1. The summed E-state index contributed by atoms with van der Waals surface area (Å²) in [5, 5.41) is 0.915. The van der Waals surface area contributed by atoms with Crippen molar-refractivity contribution in [3.05, 3.63) is 32.6 Å². The molecule has 1 N–H and O–H groups in total. The van der Waals surface area contributed by atoms with Crippen LogP contribution in [0.15, 0.2) is 22.5 Å². The molecule has 0 amide bonds. The lowest BCUT2D eigenvalue weighted by Gasteiger charge is -2.01. The number of rotatable bonds is 4. The third-order valence-corrected chi connectivity index (χ3v) is 5.96. The lowest BCUT2D eigenvalue weighted by atomic mass is 10.6. The van der Waals surface area contributed by atoms with Gasteiger partial charge in [0.15, 0.2) is 0 Å². The molecule has 0 fully saturated rings. The Kier molecular flexibility index (Phi) is 3.84. The maximum Gasteiger partial charge on any atom is 0.250 e. The van der Waals surface area contributed by atoms with Gasteiger partial charge in [-0.25, -0.2) is 18.1 Å². The van der Waals surface area contributed by atoms with E-state index in [2.05, 4.69) is 9.71 Å². The number of aryl methyl sites for hydroxylation is 1. The highest BCUT2D eigenvalue weighted by molar-refractivity contribution is 7.91. The number of thiazole rings is 1. The van der Waals surface area contributed by atoms with E-state index in [1.54, 1.807) is 12.3 Å². The lowest BCUT2D eigenvalue weighted by molar-refractivity contribution is 0.584. The van der Waals surface area contributed by atoms with Crippen molar-refractivity contribution in [2.75, 3.05) is 0 Å². The first-order valence-electron chi connectivity index (χ1n) is 4.64. The second kappa shape index (κ2) is 5.03. The third kappa shape index (κ3) is 3.26. The van der Waals surface area contributed by atoms with Gasteiger partial charge in [-0.3, -0.25) is 0 Å². The Morgan fingerprint density at radius 3 is 2.71 bits per heavy atom. The van der Waals surface area contributed by atoms with Crippen LogP contribution < -0.4 is 4.72 Å². The molecule has 0 spiro atoms. The lowest BCUT2D eigenvalue weighted by Crippen LogP contribution is -2.21. The largest absolute Gasteiger partial charge is 0.250 e. The van der Waals surface area contributed by atoms with E-state index in [1.165, 1.54) is 17.4 Å². The molecule has 0 radical (unpaired) electrons. The quantitative estimate of drug-likeness (QED) is 0.944. The van der Waals surface area contributed by atoms with Gasteiger partial charge in [0.1, 0.15) is 4.21 Å². The second-order valence-corrected chi connectivity index (χ2v) is 8.26. The number of nitrogens with one attached hydrogen (secondary N) is 1. The van der Waals surface area contributed by atoms with Gasteiger partial charge in [-0.1, -0.05) is 11.6 Å². The van der Waals surface area contributed by atoms with Gasteiger partial charge >= 0.3 is 0 Å². The minimum absolute atomic E-state index is 0.226. The fraction of sp³-hybridized carbons (Fsp3) is 0.222. The summed E-state index contributed by atoms with van der Waals surface area (Å²) in [7, 11) is -3.47. The van der Waals surface area contributed by atoms with Gasteiger partial charge in [-0.15, -0.1) is 22.7 Å². The molecule has 17 heavy (non-hydrogen) atoms. The number of aromatic nitrogens is 1. The molecular formula is C9H9ClN2O2S3. The Balaban J connectivity index is 2.08. The van der Waals surface area contributed by atoms with E-state index >= 15 is 0 Å². The van der Waals surface area contributed by atoms with E-state index in [-0.39, 0.29) is 10.8 Å². The van der Waals surface area contributed by atoms with Gasteiger partial charge in [-0.2, -0.15) is 0 Å². The van der Waals surface area contributed by atoms with E-state index in [0.717, 1.165) is 21.2 Å². The van der Waals surface area contributed by atoms with Gasteiger partial charge in [0.25, 0.3) is 0 Å². The van der Waals surface area contributed by atoms with Gasteiger partial charge in [0, 0.05) is 17.6 Å². The summed E-state index contributed by atoms with van der Waals surface area (Å²) in [6.45, 7) is 2.13. The molecule has 0 saturated carbocycles. The van der Waals surface area contributed by atoms with Gasteiger partial charge < -0.3 is 0 Å². The summed E-state index contributed by atoms with van der Waals surface area (Å²) in [6, 6.07) is 3.06. The highest BCUT2D eigenvalue weighted by atomic mass is 35.5. The minimum Gasteiger partial charge on any atom is -0.250 e. The Morgan fingerprint density at radius 1 is 1.41 bits per heavy atom. The molecule has 4 nitrogen and oxygen atoms in total. The minimum atomic E-state index is -3.47. The molecule has 0 aliphatic heterocycles. The second-order valence-electron chi connectivity index (χ2n) is 3.23. The van der Waals surface area contributed by atoms with E-state index in [0.29, 0.717) is 4.34 Å². The molecule has 0 atom stereocenters. The molecule has 2 heterocycles. The van der Waals surface area contributed by atoms with Crippen molar-refractivity contribution < 1.29 is 8.42 Å². The maximum absolute atomic E-state index is 11.9. The summed E-state index contributed by atoms with van der Waals surface area (Å²) < 4.78 is 26.9. The first-order chi connectivity index (χ1) is 7.97. The van der Waals surface area contributed by atoms with Crippen LogP contribution in [0, 0.1) is 6.92 Å². The Hall–Kier alpha value is -0.470. The monoisotopic (exact) mass is 308 g/mol. The van der Waals surface area contributed by atoms with E-state index in [1.807, 2.05) is 6.92 Å². The number of hydrogen-bond acceptors (Lipinski definition) is 5. The number of thiophene rings is 1. The molecule has 8 heteroatoms. The maximum atomic E-state index is 11.9. The predicted molar refractivity (Wildman–Crippen MR) is 70.2 cm³/mol. The Labute approximate surface area is 112 Å². The molecule has 0 saturated heterocycles. The average Bonchev–Trinajstić information content (AvgIpc) is 2.85. The topological polar surface area (TPSA) is 59.1 Å². The molecular weight excluding hydrogens is 300 g/mol. The molecule has 2 aromatic heterocycles. The van der Waals surface area contributed by atoms with Crippen molar-refractivity contribution in [2.24, 2.45) is 0 Å². The normalized spacial score (nSPS) is 11.9. The molecule has 0 aromatic carbocycles. The number of hydrogen-bond donors (Lipinski definition) is 1. The zero-order chi connectivity index (χ0) is 12.5. The summed E-state index contributed by atoms with van der Waals surface area (Å²) >= 11 is 8.21. The third-order valence-electron chi connectivity index (χ3n) is 1.92. The standard InChI is InChI=1S/C9H9ClN2O2S3/c1-6-11-4-7(15-6)5-12-17(13,14)9-3-2-8(10)16-9/h2-4,12H,5H2,1H3. The van der Waals surface area contributed by atoms with Crippen LogP contribution in [0.5, 0.6) is 0 Å².